The average molecular weight is 265 g/mol. The number of benzene rings is 2. The summed E-state index contributed by atoms with van der Waals surface area (Å²) in [4.78, 5) is 0.148. The van der Waals surface area contributed by atoms with E-state index in [2.05, 4.69) is 0 Å². The predicted octanol–water partition coefficient (Wildman–Crippen LogP) is 2.03. The van der Waals surface area contributed by atoms with E-state index in [1.165, 1.54) is 12.1 Å². The van der Waals surface area contributed by atoms with Crippen LogP contribution in [0.4, 0.5) is 0 Å². The third-order valence-electron chi connectivity index (χ3n) is 2.07. The van der Waals surface area contributed by atoms with E-state index in [-0.39, 0.29) is 4.90 Å². The van der Waals surface area contributed by atoms with Gasteiger partial charge in [0, 0.05) is 0 Å². The minimum absolute atomic E-state index is 0.148. The fraction of sp³-hybridized carbons (Fsp3) is 0.0769. The number of aryl methyl sites for hydroxylation is 1. The first-order valence-corrected chi connectivity index (χ1v) is 6.78. The summed E-state index contributed by atoms with van der Waals surface area (Å²) < 4.78 is 21.2. The van der Waals surface area contributed by atoms with Gasteiger partial charge in [0.2, 0.25) is 10.0 Å². The molecule has 2 rings (SSSR count). The summed E-state index contributed by atoms with van der Waals surface area (Å²) in [6, 6.07) is 15.0. The van der Waals surface area contributed by atoms with Gasteiger partial charge < -0.3 is 5.11 Å². The number of aromatic hydroxyl groups is 1. The third-order valence-corrected chi connectivity index (χ3v) is 3.00. The number of phenols is 1. The van der Waals surface area contributed by atoms with Crippen LogP contribution < -0.4 is 5.14 Å². The van der Waals surface area contributed by atoms with Gasteiger partial charge in [-0.2, -0.15) is 0 Å². The zero-order chi connectivity index (χ0) is 13.6. The van der Waals surface area contributed by atoms with Gasteiger partial charge in [0.15, 0.2) is 0 Å². The molecular weight excluding hydrogens is 250 g/mol. The van der Waals surface area contributed by atoms with Crippen LogP contribution in [-0.2, 0) is 10.0 Å². The lowest BCUT2D eigenvalue weighted by Gasteiger charge is -1.93. The summed E-state index contributed by atoms with van der Waals surface area (Å²) in [5, 5.41) is 13.6. The van der Waals surface area contributed by atoms with Gasteiger partial charge in [-0.3, -0.25) is 0 Å². The SMILES string of the molecule is Cc1cccc(O)c1.NS(=O)(=O)c1ccccc1. The molecule has 0 aromatic heterocycles. The van der Waals surface area contributed by atoms with E-state index in [9.17, 15) is 8.42 Å². The Hall–Kier alpha value is -1.85. The Morgan fingerprint density at radius 2 is 1.61 bits per heavy atom. The average Bonchev–Trinajstić information content (AvgIpc) is 2.29. The van der Waals surface area contributed by atoms with E-state index in [0.29, 0.717) is 5.75 Å². The van der Waals surface area contributed by atoms with Crippen molar-refractivity contribution in [3.05, 3.63) is 60.2 Å². The van der Waals surface area contributed by atoms with Crippen LogP contribution >= 0.6 is 0 Å². The zero-order valence-electron chi connectivity index (χ0n) is 9.95. The number of primary sulfonamides is 1. The van der Waals surface area contributed by atoms with Crippen molar-refractivity contribution in [1.29, 1.82) is 0 Å². The van der Waals surface area contributed by atoms with E-state index in [4.69, 9.17) is 10.2 Å². The molecule has 0 fully saturated rings. The number of sulfonamides is 1. The van der Waals surface area contributed by atoms with Gasteiger partial charge in [-0.1, -0.05) is 30.3 Å². The summed E-state index contributed by atoms with van der Waals surface area (Å²) >= 11 is 0. The molecule has 0 unspecified atom stereocenters. The molecule has 0 aliphatic rings. The van der Waals surface area contributed by atoms with E-state index in [1.54, 1.807) is 30.3 Å². The topological polar surface area (TPSA) is 80.4 Å². The Morgan fingerprint density at radius 1 is 1.00 bits per heavy atom. The molecule has 2 aromatic carbocycles. The van der Waals surface area contributed by atoms with Gasteiger partial charge in [0.25, 0.3) is 0 Å². The smallest absolute Gasteiger partial charge is 0.238 e. The van der Waals surface area contributed by atoms with Gasteiger partial charge in [-0.15, -0.1) is 0 Å². The largest absolute Gasteiger partial charge is 0.508 e. The van der Waals surface area contributed by atoms with Crippen LogP contribution in [0.3, 0.4) is 0 Å². The zero-order valence-corrected chi connectivity index (χ0v) is 10.8. The highest BCUT2D eigenvalue weighted by Crippen LogP contribution is 2.08. The van der Waals surface area contributed by atoms with Gasteiger partial charge >= 0.3 is 0 Å². The van der Waals surface area contributed by atoms with Gasteiger partial charge in [0.1, 0.15) is 5.75 Å². The van der Waals surface area contributed by atoms with E-state index < -0.39 is 10.0 Å². The molecule has 0 radical (unpaired) electrons. The van der Waals surface area contributed by atoms with Crippen LogP contribution in [0.15, 0.2) is 59.5 Å². The van der Waals surface area contributed by atoms with Crippen LogP contribution in [0.5, 0.6) is 5.75 Å². The van der Waals surface area contributed by atoms with Crippen molar-refractivity contribution in [2.75, 3.05) is 0 Å². The first kappa shape index (κ1) is 14.2. The molecule has 0 saturated heterocycles. The van der Waals surface area contributed by atoms with E-state index >= 15 is 0 Å². The van der Waals surface area contributed by atoms with Crippen LogP contribution in [0.1, 0.15) is 5.56 Å². The van der Waals surface area contributed by atoms with E-state index in [1.807, 2.05) is 19.1 Å². The number of rotatable bonds is 1. The molecule has 5 heteroatoms. The molecule has 0 aliphatic carbocycles. The normalized spacial score (nSPS) is 10.3. The minimum atomic E-state index is -3.50. The molecule has 96 valence electrons. The van der Waals surface area contributed by atoms with Crippen molar-refractivity contribution in [1.82, 2.24) is 0 Å². The second-order valence-electron chi connectivity index (χ2n) is 3.70. The van der Waals surface area contributed by atoms with Crippen LogP contribution in [0.2, 0.25) is 0 Å². The van der Waals surface area contributed by atoms with Crippen LogP contribution in [0, 0.1) is 6.92 Å². The fourth-order valence-electron chi connectivity index (χ4n) is 1.24. The predicted molar refractivity (Wildman–Crippen MR) is 70.7 cm³/mol. The highest BCUT2D eigenvalue weighted by molar-refractivity contribution is 7.89. The maximum absolute atomic E-state index is 10.6. The number of phenolic OH excluding ortho intramolecular Hbond substituents is 1. The first-order valence-electron chi connectivity index (χ1n) is 5.23. The third kappa shape index (κ3) is 4.99. The lowest BCUT2D eigenvalue weighted by Crippen LogP contribution is -2.11. The summed E-state index contributed by atoms with van der Waals surface area (Å²) in [6.07, 6.45) is 0. The molecule has 0 heterocycles. The van der Waals surface area contributed by atoms with Crippen molar-refractivity contribution >= 4 is 10.0 Å². The molecule has 3 N–H and O–H groups in total. The maximum Gasteiger partial charge on any atom is 0.238 e. The second-order valence-corrected chi connectivity index (χ2v) is 5.26. The van der Waals surface area contributed by atoms with Gasteiger partial charge in [0.05, 0.1) is 4.90 Å². The number of nitrogens with two attached hydrogens (primary N) is 1. The molecule has 0 spiro atoms. The quantitative estimate of drug-likeness (QED) is 0.828. The Balaban J connectivity index is 0.000000184. The standard InChI is InChI=1S/C7H8O.C6H7NO2S/c1-6-3-2-4-7(8)5-6;7-10(8,9)6-4-2-1-3-5-6/h2-5,8H,1H3;1-5H,(H2,7,8,9). The Kier molecular flexibility index (Phi) is 4.88. The Morgan fingerprint density at radius 3 is 1.94 bits per heavy atom. The Labute approximate surface area is 107 Å². The fourth-order valence-corrected chi connectivity index (χ4v) is 1.77. The lowest BCUT2D eigenvalue weighted by atomic mass is 10.2. The molecule has 18 heavy (non-hydrogen) atoms. The number of hydrogen-bond donors (Lipinski definition) is 2. The monoisotopic (exact) mass is 265 g/mol. The summed E-state index contributed by atoms with van der Waals surface area (Å²) in [5.41, 5.74) is 1.09. The Bertz CT molecular complexity index is 577. The lowest BCUT2D eigenvalue weighted by molar-refractivity contribution is 0.475. The molecular formula is C13H15NO3S. The summed E-state index contributed by atoms with van der Waals surface area (Å²) in [5.74, 6) is 0.338. The van der Waals surface area contributed by atoms with Gasteiger partial charge in [-0.25, -0.2) is 13.6 Å². The molecule has 0 atom stereocenters. The molecule has 0 bridgehead atoms. The number of hydrogen-bond acceptors (Lipinski definition) is 3. The van der Waals surface area contributed by atoms with Crippen molar-refractivity contribution in [3.8, 4) is 5.75 Å². The van der Waals surface area contributed by atoms with Crippen molar-refractivity contribution in [2.45, 2.75) is 11.8 Å². The van der Waals surface area contributed by atoms with Crippen molar-refractivity contribution in [3.63, 3.8) is 0 Å². The minimum Gasteiger partial charge on any atom is -0.508 e. The van der Waals surface area contributed by atoms with Crippen LogP contribution in [0.25, 0.3) is 0 Å². The molecule has 2 aromatic rings. The molecule has 0 saturated carbocycles. The highest BCUT2D eigenvalue weighted by Gasteiger charge is 2.03. The van der Waals surface area contributed by atoms with Crippen molar-refractivity contribution in [2.24, 2.45) is 5.14 Å². The molecule has 0 amide bonds. The highest BCUT2D eigenvalue weighted by atomic mass is 32.2. The summed E-state index contributed by atoms with van der Waals surface area (Å²) in [6.45, 7) is 1.94. The van der Waals surface area contributed by atoms with E-state index in [0.717, 1.165) is 5.56 Å². The molecule has 0 aliphatic heterocycles. The van der Waals surface area contributed by atoms with Crippen LogP contribution in [-0.4, -0.2) is 13.5 Å². The van der Waals surface area contributed by atoms with Crippen molar-refractivity contribution < 1.29 is 13.5 Å². The maximum atomic E-state index is 10.6. The first-order chi connectivity index (χ1) is 8.39. The molecule has 4 nitrogen and oxygen atoms in total. The van der Waals surface area contributed by atoms with Gasteiger partial charge in [-0.05, 0) is 36.8 Å². The second kappa shape index (κ2) is 6.18. The summed E-state index contributed by atoms with van der Waals surface area (Å²) in [7, 11) is -3.50.